The Morgan fingerprint density at radius 3 is 1.50 bits per heavy atom. The Bertz CT molecular complexity index is 394. The van der Waals surface area contributed by atoms with Gasteiger partial charge < -0.3 is 10.6 Å². The molecule has 0 aliphatic carbocycles. The minimum atomic E-state index is -0.0482. The van der Waals surface area contributed by atoms with Crippen molar-refractivity contribution in [3.63, 3.8) is 0 Å². The predicted molar refractivity (Wildman–Crippen MR) is 85.5 cm³/mol. The van der Waals surface area contributed by atoms with Crippen molar-refractivity contribution in [1.29, 1.82) is 0 Å². The van der Waals surface area contributed by atoms with Gasteiger partial charge in [0.15, 0.2) is 0 Å². The molecule has 0 aliphatic heterocycles. The van der Waals surface area contributed by atoms with Crippen molar-refractivity contribution in [1.82, 2.24) is 10.6 Å². The Morgan fingerprint density at radius 2 is 1.20 bits per heavy atom. The van der Waals surface area contributed by atoms with Crippen LogP contribution in [0.25, 0.3) is 0 Å². The van der Waals surface area contributed by atoms with Gasteiger partial charge in [-0.15, -0.1) is 0 Å². The predicted octanol–water partition coefficient (Wildman–Crippen LogP) is 4.11. The summed E-state index contributed by atoms with van der Waals surface area (Å²) in [6.07, 6.45) is 1.85. The molecule has 0 aliphatic rings. The minimum Gasteiger partial charge on any atom is -0.347 e. The van der Waals surface area contributed by atoms with Gasteiger partial charge in [0.25, 0.3) is 10.5 Å². The molecule has 1 rings (SSSR count). The number of benzene rings is 1. The first-order valence-electron chi connectivity index (χ1n) is 6.67. The van der Waals surface area contributed by atoms with Gasteiger partial charge in [-0.2, -0.15) is 0 Å². The van der Waals surface area contributed by atoms with Gasteiger partial charge in [0, 0.05) is 22.9 Å². The van der Waals surface area contributed by atoms with Crippen LogP contribution < -0.4 is 10.6 Å². The van der Waals surface area contributed by atoms with Gasteiger partial charge in [0.1, 0.15) is 0 Å². The molecule has 0 fully saturated rings. The summed E-state index contributed by atoms with van der Waals surface area (Å²) >= 11 is 2.33. The molecule has 2 N–H and O–H groups in total. The van der Waals surface area contributed by atoms with Gasteiger partial charge >= 0.3 is 0 Å². The Morgan fingerprint density at radius 1 is 0.850 bits per heavy atom. The first-order valence-corrected chi connectivity index (χ1v) is 8.30. The number of hydrogen-bond donors (Lipinski definition) is 2. The lowest BCUT2D eigenvalue weighted by Gasteiger charge is -2.05. The molecule has 0 saturated heterocycles. The standard InChI is InChI=1S/C14H20N2O2S2/c1-3-9-15-13(17)19-11-5-7-12(8-6-11)20-14(18)16-10-4-2/h5-8H,3-4,9-10H2,1-2H3,(H,15,17)(H,16,18). The second kappa shape index (κ2) is 9.72. The summed E-state index contributed by atoms with van der Waals surface area (Å²) < 4.78 is 0. The molecule has 0 saturated carbocycles. The number of nitrogens with one attached hydrogen (secondary N) is 2. The van der Waals surface area contributed by atoms with Crippen LogP contribution in [0.5, 0.6) is 0 Å². The van der Waals surface area contributed by atoms with E-state index in [1.807, 2.05) is 38.1 Å². The van der Waals surface area contributed by atoms with E-state index in [4.69, 9.17) is 0 Å². The summed E-state index contributed by atoms with van der Waals surface area (Å²) in [5.41, 5.74) is 0. The third kappa shape index (κ3) is 6.86. The Hall–Kier alpha value is -1.14. The fourth-order valence-corrected chi connectivity index (χ4v) is 2.64. The number of carbonyl (C=O) groups excluding carboxylic acids is 2. The Labute approximate surface area is 128 Å². The van der Waals surface area contributed by atoms with Gasteiger partial charge in [-0.3, -0.25) is 9.59 Å². The summed E-state index contributed by atoms with van der Waals surface area (Å²) in [5.74, 6) is 0. The number of rotatable bonds is 6. The number of hydrogen-bond acceptors (Lipinski definition) is 4. The van der Waals surface area contributed by atoms with E-state index in [0.29, 0.717) is 13.1 Å². The van der Waals surface area contributed by atoms with E-state index in [0.717, 1.165) is 22.6 Å². The molecule has 0 atom stereocenters. The number of carbonyl (C=O) groups is 2. The summed E-state index contributed by atoms with van der Waals surface area (Å²) in [7, 11) is 0. The van der Waals surface area contributed by atoms with Crippen molar-refractivity contribution in [2.45, 2.75) is 36.5 Å². The van der Waals surface area contributed by atoms with Crippen molar-refractivity contribution in [2.75, 3.05) is 13.1 Å². The average Bonchev–Trinajstić information content (AvgIpc) is 2.45. The van der Waals surface area contributed by atoms with Crippen LogP contribution in [0.4, 0.5) is 9.59 Å². The first kappa shape index (κ1) is 16.9. The molecule has 2 amide bonds. The third-order valence-electron chi connectivity index (χ3n) is 2.28. The summed E-state index contributed by atoms with van der Waals surface area (Å²) in [6, 6.07) is 7.41. The van der Waals surface area contributed by atoms with E-state index < -0.39 is 0 Å². The van der Waals surface area contributed by atoms with Gasteiger partial charge in [0.2, 0.25) is 0 Å². The van der Waals surface area contributed by atoms with E-state index in [2.05, 4.69) is 10.6 Å². The van der Waals surface area contributed by atoms with Crippen LogP contribution in [-0.2, 0) is 0 Å². The highest BCUT2D eigenvalue weighted by atomic mass is 32.2. The van der Waals surface area contributed by atoms with Crippen molar-refractivity contribution in [3.8, 4) is 0 Å². The second-order valence-electron chi connectivity index (χ2n) is 4.10. The van der Waals surface area contributed by atoms with Gasteiger partial charge in [-0.25, -0.2) is 0 Å². The van der Waals surface area contributed by atoms with Crippen LogP contribution in [0.15, 0.2) is 34.1 Å². The monoisotopic (exact) mass is 312 g/mol. The lowest BCUT2D eigenvalue weighted by Crippen LogP contribution is -2.19. The fourth-order valence-electron chi connectivity index (χ4n) is 1.32. The Kier molecular flexibility index (Phi) is 8.22. The van der Waals surface area contributed by atoms with E-state index in [1.165, 1.54) is 23.5 Å². The molecule has 0 spiro atoms. The molecular weight excluding hydrogens is 292 g/mol. The number of thioether (sulfide) groups is 2. The lowest BCUT2D eigenvalue weighted by molar-refractivity contribution is 0.260. The summed E-state index contributed by atoms with van der Waals surface area (Å²) in [5, 5.41) is 5.51. The van der Waals surface area contributed by atoms with Crippen molar-refractivity contribution in [2.24, 2.45) is 0 Å². The molecule has 1 aromatic carbocycles. The highest BCUT2D eigenvalue weighted by molar-refractivity contribution is 8.14. The maximum absolute atomic E-state index is 11.5. The van der Waals surface area contributed by atoms with E-state index in [-0.39, 0.29) is 10.5 Å². The van der Waals surface area contributed by atoms with Gasteiger partial charge in [0.05, 0.1) is 0 Å². The maximum atomic E-state index is 11.5. The molecule has 20 heavy (non-hydrogen) atoms. The molecule has 0 heterocycles. The van der Waals surface area contributed by atoms with Crippen molar-refractivity contribution in [3.05, 3.63) is 24.3 Å². The highest BCUT2D eigenvalue weighted by Crippen LogP contribution is 2.24. The van der Waals surface area contributed by atoms with Crippen LogP contribution in [0.1, 0.15) is 26.7 Å². The second-order valence-corrected chi connectivity index (χ2v) is 6.20. The molecule has 0 unspecified atom stereocenters. The molecule has 6 heteroatoms. The molecule has 110 valence electrons. The summed E-state index contributed by atoms with van der Waals surface area (Å²) in [6.45, 7) is 5.41. The maximum Gasteiger partial charge on any atom is 0.283 e. The highest BCUT2D eigenvalue weighted by Gasteiger charge is 2.06. The molecule has 4 nitrogen and oxygen atoms in total. The topological polar surface area (TPSA) is 58.2 Å². The molecule has 0 bridgehead atoms. The van der Waals surface area contributed by atoms with Crippen LogP contribution in [-0.4, -0.2) is 23.6 Å². The largest absolute Gasteiger partial charge is 0.347 e. The van der Waals surface area contributed by atoms with Crippen LogP contribution >= 0.6 is 23.5 Å². The lowest BCUT2D eigenvalue weighted by atomic mass is 10.4. The average molecular weight is 312 g/mol. The molecular formula is C14H20N2O2S2. The van der Waals surface area contributed by atoms with Crippen LogP contribution in [0, 0.1) is 0 Å². The smallest absolute Gasteiger partial charge is 0.283 e. The molecule has 0 radical (unpaired) electrons. The van der Waals surface area contributed by atoms with E-state index in [9.17, 15) is 9.59 Å². The van der Waals surface area contributed by atoms with E-state index >= 15 is 0 Å². The normalized spacial score (nSPS) is 10.1. The molecule has 0 aromatic heterocycles. The SMILES string of the molecule is CCCNC(=O)Sc1ccc(SC(=O)NCCC)cc1. The first-order chi connectivity index (χ1) is 9.65. The van der Waals surface area contributed by atoms with Gasteiger partial charge in [-0.05, 0) is 60.6 Å². The summed E-state index contributed by atoms with van der Waals surface area (Å²) in [4.78, 5) is 24.8. The van der Waals surface area contributed by atoms with Crippen molar-refractivity contribution < 1.29 is 9.59 Å². The fraction of sp³-hybridized carbons (Fsp3) is 0.429. The minimum absolute atomic E-state index is 0.0482. The van der Waals surface area contributed by atoms with Crippen molar-refractivity contribution >= 4 is 34.0 Å². The quantitative estimate of drug-likeness (QED) is 0.776. The number of amides is 2. The zero-order chi connectivity index (χ0) is 14.8. The zero-order valence-electron chi connectivity index (χ0n) is 11.8. The van der Waals surface area contributed by atoms with E-state index in [1.54, 1.807) is 0 Å². The molecule has 1 aromatic rings. The van der Waals surface area contributed by atoms with Crippen LogP contribution in [0.3, 0.4) is 0 Å². The third-order valence-corrected chi connectivity index (χ3v) is 3.96. The van der Waals surface area contributed by atoms with Crippen LogP contribution in [0.2, 0.25) is 0 Å². The zero-order valence-corrected chi connectivity index (χ0v) is 13.4. The Balaban J connectivity index is 2.43. The van der Waals surface area contributed by atoms with Gasteiger partial charge in [-0.1, -0.05) is 13.8 Å².